The van der Waals surface area contributed by atoms with Gasteiger partial charge in [0, 0.05) is 34.9 Å². The Morgan fingerprint density at radius 2 is 1.92 bits per heavy atom. The van der Waals surface area contributed by atoms with Gasteiger partial charge in [0.25, 0.3) is 0 Å². The highest BCUT2D eigenvalue weighted by atomic mass is 35.5. The van der Waals surface area contributed by atoms with Gasteiger partial charge in [0.1, 0.15) is 23.5 Å². The van der Waals surface area contributed by atoms with E-state index in [2.05, 4.69) is 20.5 Å². The second-order valence-electron chi connectivity index (χ2n) is 8.63. The summed E-state index contributed by atoms with van der Waals surface area (Å²) >= 11 is 12.3. The zero-order valence-corrected chi connectivity index (χ0v) is 21.4. The van der Waals surface area contributed by atoms with Gasteiger partial charge in [0.2, 0.25) is 0 Å². The average molecular weight is 532 g/mol. The predicted molar refractivity (Wildman–Crippen MR) is 142 cm³/mol. The molecule has 1 fully saturated rings. The van der Waals surface area contributed by atoms with Crippen LogP contribution in [0.3, 0.4) is 0 Å². The fraction of sp³-hybridized carbons (Fsp3) is 0.308. The Morgan fingerprint density at radius 3 is 2.64 bits per heavy atom. The third kappa shape index (κ3) is 6.37. The molecular weight excluding hydrogens is 504 g/mol. The Morgan fingerprint density at radius 1 is 1.19 bits per heavy atom. The first kappa shape index (κ1) is 26.0. The molecule has 4 N–H and O–H groups in total. The summed E-state index contributed by atoms with van der Waals surface area (Å²) in [5.74, 6) is 0.163. The summed E-state index contributed by atoms with van der Waals surface area (Å²) in [6.07, 6.45) is 3.30. The van der Waals surface area contributed by atoms with E-state index < -0.39 is 11.9 Å². The maximum atomic E-state index is 13.9. The summed E-state index contributed by atoms with van der Waals surface area (Å²) < 4.78 is 19.9. The highest BCUT2D eigenvalue weighted by molar-refractivity contribution is 6.36. The predicted octanol–water partition coefficient (Wildman–Crippen LogP) is 6.13. The zero-order valence-electron chi connectivity index (χ0n) is 19.9. The van der Waals surface area contributed by atoms with Crippen molar-refractivity contribution >= 4 is 40.7 Å². The monoisotopic (exact) mass is 531 g/mol. The maximum absolute atomic E-state index is 13.9. The number of likely N-dealkylation sites (tertiary alicyclic amines) is 1. The topological polar surface area (TPSA) is 92.5 Å². The molecule has 2 amide bonds. The second kappa shape index (κ2) is 11.8. The molecule has 0 aliphatic carbocycles. The van der Waals surface area contributed by atoms with Crippen LogP contribution >= 0.6 is 23.2 Å². The molecule has 1 aliphatic rings. The molecule has 1 atom stereocenters. The Bertz CT molecular complexity index is 1220. The van der Waals surface area contributed by atoms with Gasteiger partial charge < -0.3 is 26.0 Å². The minimum atomic E-state index is -0.630. The minimum Gasteiger partial charge on any atom is -0.484 e. The van der Waals surface area contributed by atoms with E-state index in [1.54, 1.807) is 25.1 Å². The Labute approximate surface area is 219 Å². The lowest BCUT2D eigenvalue weighted by atomic mass is 10.1. The molecule has 10 heteroatoms. The van der Waals surface area contributed by atoms with Crippen molar-refractivity contribution in [3.8, 4) is 16.9 Å². The molecule has 2 heterocycles. The van der Waals surface area contributed by atoms with E-state index in [-0.39, 0.29) is 11.1 Å². The van der Waals surface area contributed by atoms with Crippen LogP contribution in [0.5, 0.6) is 5.75 Å². The van der Waals surface area contributed by atoms with Crippen LogP contribution in [0.15, 0.2) is 48.7 Å². The smallest absolute Gasteiger partial charge is 0.319 e. The van der Waals surface area contributed by atoms with Crippen molar-refractivity contribution in [1.29, 1.82) is 0 Å². The number of benzene rings is 2. The van der Waals surface area contributed by atoms with E-state index in [1.165, 1.54) is 31.2 Å². The molecule has 1 unspecified atom stereocenters. The summed E-state index contributed by atoms with van der Waals surface area (Å²) in [7, 11) is 0. The largest absolute Gasteiger partial charge is 0.484 e. The number of ether oxygens (including phenoxy) is 1. The Balaban J connectivity index is 1.40. The van der Waals surface area contributed by atoms with Crippen molar-refractivity contribution in [3.63, 3.8) is 0 Å². The number of halogens is 3. The first-order chi connectivity index (χ1) is 17.3. The standard InChI is InChI=1S/C26H28Cl2FN5O2/c1-16(23-21(27)8-9-22(29)24(23)28)36-19-14-20(25(30)32-15-19)17-4-6-18(7-5-17)33-26(35)31-10-13-34-11-2-3-12-34/h4-9,14-16H,2-3,10-13H2,1H3,(H2,30,32)(H2,31,33,35). The van der Waals surface area contributed by atoms with Crippen molar-refractivity contribution in [2.24, 2.45) is 0 Å². The molecule has 4 rings (SSSR count). The van der Waals surface area contributed by atoms with Gasteiger partial charge in [-0.3, -0.25) is 0 Å². The van der Waals surface area contributed by atoms with Crippen molar-refractivity contribution in [2.45, 2.75) is 25.9 Å². The molecule has 36 heavy (non-hydrogen) atoms. The molecule has 3 aromatic rings. The molecule has 0 radical (unpaired) electrons. The number of nitrogens with zero attached hydrogens (tertiary/aromatic N) is 2. The van der Waals surface area contributed by atoms with Crippen LogP contribution in [0.1, 0.15) is 31.4 Å². The molecule has 2 aromatic carbocycles. The number of hydrogen-bond acceptors (Lipinski definition) is 5. The number of hydrogen-bond donors (Lipinski definition) is 3. The maximum Gasteiger partial charge on any atom is 0.319 e. The van der Waals surface area contributed by atoms with Crippen LogP contribution in [-0.4, -0.2) is 42.1 Å². The van der Waals surface area contributed by atoms with E-state index >= 15 is 0 Å². The molecule has 7 nitrogen and oxygen atoms in total. The lowest BCUT2D eigenvalue weighted by Crippen LogP contribution is -2.35. The number of urea groups is 1. The van der Waals surface area contributed by atoms with E-state index in [1.807, 2.05) is 12.1 Å². The van der Waals surface area contributed by atoms with Gasteiger partial charge in [0.05, 0.1) is 11.2 Å². The quantitative estimate of drug-likeness (QED) is 0.304. The minimum absolute atomic E-state index is 0.0817. The van der Waals surface area contributed by atoms with Crippen LogP contribution in [0, 0.1) is 5.82 Å². The first-order valence-electron chi connectivity index (χ1n) is 11.7. The molecule has 190 valence electrons. The van der Waals surface area contributed by atoms with Crippen molar-refractivity contribution < 1.29 is 13.9 Å². The first-order valence-corrected chi connectivity index (χ1v) is 12.5. The number of rotatable bonds is 8. The van der Waals surface area contributed by atoms with Crippen LogP contribution in [-0.2, 0) is 0 Å². The SMILES string of the molecule is CC(Oc1cnc(N)c(-c2ccc(NC(=O)NCCN3CCCC3)cc2)c1)c1c(Cl)ccc(F)c1Cl. The number of carbonyl (C=O) groups excluding carboxylic acids is 1. The molecule has 0 saturated carbocycles. The highest BCUT2D eigenvalue weighted by Gasteiger charge is 2.19. The van der Waals surface area contributed by atoms with E-state index in [0.29, 0.717) is 39.9 Å². The second-order valence-corrected chi connectivity index (χ2v) is 9.41. The fourth-order valence-electron chi connectivity index (χ4n) is 4.17. The molecule has 1 aromatic heterocycles. The van der Waals surface area contributed by atoms with Gasteiger partial charge >= 0.3 is 6.03 Å². The summed E-state index contributed by atoms with van der Waals surface area (Å²) in [6, 6.07) is 11.4. The molecular formula is C26H28Cl2FN5O2. The van der Waals surface area contributed by atoms with Crippen molar-refractivity contribution in [2.75, 3.05) is 37.2 Å². The van der Waals surface area contributed by atoms with Crippen LogP contribution in [0.2, 0.25) is 10.0 Å². The van der Waals surface area contributed by atoms with Crippen molar-refractivity contribution in [3.05, 3.63) is 70.1 Å². The van der Waals surface area contributed by atoms with Gasteiger partial charge in [-0.2, -0.15) is 0 Å². The molecule has 0 bridgehead atoms. The third-order valence-electron chi connectivity index (χ3n) is 6.06. The summed E-state index contributed by atoms with van der Waals surface area (Å²) in [4.78, 5) is 18.8. The number of nitrogens with one attached hydrogen (secondary N) is 2. The van der Waals surface area contributed by atoms with Gasteiger partial charge in [-0.05, 0) is 68.8 Å². The fourth-order valence-corrected chi connectivity index (χ4v) is 4.85. The Kier molecular flexibility index (Phi) is 8.51. The van der Waals surface area contributed by atoms with Crippen LogP contribution < -0.4 is 21.1 Å². The van der Waals surface area contributed by atoms with Gasteiger partial charge in [-0.1, -0.05) is 35.3 Å². The molecule has 1 saturated heterocycles. The van der Waals surface area contributed by atoms with Crippen molar-refractivity contribution in [1.82, 2.24) is 15.2 Å². The summed E-state index contributed by atoms with van der Waals surface area (Å²) in [5.41, 5.74) is 8.56. The number of anilines is 2. The normalized spacial score (nSPS) is 14.4. The van der Waals surface area contributed by atoms with Crippen LogP contribution in [0.25, 0.3) is 11.1 Å². The number of aromatic nitrogens is 1. The van der Waals surface area contributed by atoms with Gasteiger partial charge in [-0.15, -0.1) is 0 Å². The number of carbonyl (C=O) groups is 1. The number of pyridine rings is 1. The average Bonchev–Trinajstić information content (AvgIpc) is 3.37. The lowest BCUT2D eigenvalue weighted by molar-refractivity contribution is 0.226. The number of nitrogen functional groups attached to an aromatic ring is 1. The summed E-state index contributed by atoms with van der Waals surface area (Å²) in [6.45, 7) is 5.37. The zero-order chi connectivity index (χ0) is 25.7. The van der Waals surface area contributed by atoms with Crippen LogP contribution in [0.4, 0.5) is 20.7 Å². The Hall–Kier alpha value is -3.07. The number of amides is 2. The van der Waals surface area contributed by atoms with E-state index in [9.17, 15) is 9.18 Å². The molecule has 1 aliphatic heterocycles. The lowest BCUT2D eigenvalue weighted by Gasteiger charge is -2.19. The van der Waals surface area contributed by atoms with Gasteiger partial charge in [-0.25, -0.2) is 14.2 Å². The summed E-state index contributed by atoms with van der Waals surface area (Å²) in [5, 5.41) is 5.94. The highest BCUT2D eigenvalue weighted by Crippen LogP contribution is 2.36. The third-order valence-corrected chi connectivity index (χ3v) is 6.77. The van der Waals surface area contributed by atoms with E-state index in [4.69, 9.17) is 33.7 Å². The van der Waals surface area contributed by atoms with Gasteiger partial charge in [0.15, 0.2) is 0 Å². The van der Waals surface area contributed by atoms with E-state index in [0.717, 1.165) is 25.2 Å². The number of nitrogens with two attached hydrogens (primary N) is 1. The molecule has 0 spiro atoms.